The zero-order chi connectivity index (χ0) is 18.9. The summed E-state index contributed by atoms with van der Waals surface area (Å²) in [4.78, 5) is 11.6. The molecule has 1 N–H and O–H groups in total. The minimum atomic E-state index is -0.440. The second-order valence-corrected chi connectivity index (χ2v) is 5.68. The van der Waals surface area contributed by atoms with E-state index in [1.54, 1.807) is 24.3 Å². The van der Waals surface area contributed by atoms with Crippen LogP contribution in [0.1, 0.15) is 18.1 Å². The van der Waals surface area contributed by atoms with Crippen LogP contribution in [-0.4, -0.2) is 19.6 Å². The Morgan fingerprint density at radius 2 is 2.00 bits per heavy atom. The highest BCUT2D eigenvalue weighted by molar-refractivity contribution is 6.31. The largest absolute Gasteiger partial charge is 0.490 e. The summed E-state index contributed by atoms with van der Waals surface area (Å²) in [7, 11) is 1.48. The molecule has 134 valence electrons. The van der Waals surface area contributed by atoms with Gasteiger partial charge in [0, 0.05) is 17.6 Å². The van der Waals surface area contributed by atoms with Gasteiger partial charge in [-0.05, 0) is 36.8 Å². The van der Waals surface area contributed by atoms with Crippen molar-refractivity contribution in [3.05, 3.63) is 64.2 Å². The van der Waals surface area contributed by atoms with E-state index in [9.17, 15) is 4.79 Å². The molecule has 0 spiro atoms. The van der Waals surface area contributed by atoms with Crippen LogP contribution in [0, 0.1) is 11.3 Å². The van der Waals surface area contributed by atoms with Gasteiger partial charge in [0.1, 0.15) is 18.2 Å². The Hall–Kier alpha value is -2.97. The standard InChI is InChI=1S/C20H19ClN2O3/c1-3-25-19-11-14(10-16(12-22)20(24)23-2)8-9-18(19)26-13-15-6-4-5-7-17(15)21/h4-11H,3,13H2,1-2H3,(H,23,24)/b16-10+. The summed E-state index contributed by atoms with van der Waals surface area (Å²) in [6.45, 7) is 2.62. The predicted molar refractivity (Wildman–Crippen MR) is 101 cm³/mol. The van der Waals surface area contributed by atoms with Gasteiger partial charge in [0.2, 0.25) is 0 Å². The van der Waals surface area contributed by atoms with Crippen molar-refractivity contribution in [2.45, 2.75) is 13.5 Å². The van der Waals surface area contributed by atoms with Crippen molar-refractivity contribution in [3.8, 4) is 17.6 Å². The van der Waals surface area contributed by atoms with Gasteiger partial charge in [-0.15, -0.1) is 0 Å². The molecule has 2 aromatic rings. The molecule has 0 heterocycles. The molecule has 0 radical (unpaired) electrons. The van der Waals surface area contributed by atoms with Gasteiger partial charge in [-0.25, -0.2) is 0 Å². The van der Waals surface area contributed by atoms with E-state index in [1.807, 2.05) is 31.2 Å². The maximum atomic E-state index is 11.6. The van der Waals surface area contributed by atoms with E-state index in [4.69, 9.17) is 26.3 Å². The van der Waals surface area contributed by atoms with Crippen molar-refractivity contribution in [2.75, 3.05) is 13.7 Å². The van der Waals surface area contributed by atoms with Crippen LogP contribution in [0.2, 0.25) is 5.02 Å². The van der Waals surface area contributed by atoms with Crippen LogP contribution in [0.25, 0.3) is 6.08 Å². The molecule has 0 saturated carbocycles. The van der Waals surface area contributed by atoms with Crippen molar-refractivity contribution in [3.63, 3.8) is 0 Å². The molecule has 0 aromatic heterocycles. The number of carbonyl (C=O) groups excluding carboxylic acids is 1. The van der Waals surface area contributed by atoms with Crippen molar-refractivity contribution in [2.24, 2.45) is 0 Å². The lowest BCUT2D eigenvalue weighted by molar-refractivity contribution is -0.116. The number of nitrogens with zero attached hydrogens (tertiary/aromatic N) is 1. The lowest BCUT2D eigenvalue weighted by Crippen LogP contribution is -2.19. The van der Waals surface area contributed by atoms with Crippen molar-refractivity contribution < 1.29 is 14.3 Å². The van der Waals surface area contributed by atoms with Gasteiger partial charge in [-0.1, -0.05) is 35.9 Å². The first-order chi connectivity index (χ1) is 12.6. The molecule has 6 heteroatoms. The third-order valence-electron chi connectivity index (χ3n) is 3.51. The molecule has 0 aliphatic carbocycles. The minimum Gasteiger partial charge on any atom is -0.490 e. The fourth-order valence-electron chi connectivity index (χ4n) is 2.22. The molecule has 0 aliphatic heterocycles. The fourth-order valence-corrected chi connectivity index (χ4v) is 2.41. The Morgan fingerprint density at radius 1 is 1.23 bits per heavy atom. The second-order valence-electron chi connectivity index (χ2n) is 5.27. The Kier molecular flexibility index (Phi) is 7.07. The number of benzene rings is 2. The topological polar surface area (TPSA) is 71.3 Å². The Labute approximate surface area is 157 Å². The Balaban J connectivity index is 2.26. The number of nitrogens with one attached hydrogen (secondary N) is 1. The van der Waals surface area contributed by atoms with Gasteiger partial charge in [0.25, 0.3) is 5.91 Å². The van der Waals surface area contributed by atoms with Gasteiger partial charge in [-0.2, -0.15) is 5.26 Å². The summed E-state index contributed by atoms with van der Waals surface area (Å²) in [5, 5.41) is 12.2. The van der Waals surface area contributed by atoms with Crippen LogP contribution >= 0.6 is 11.6 Å². The Morgan fingerprint density at radius 3 is 2.65 bits per heavy atom. The average Bonchev–Trinajstić information content (AvgIpc) is 2.66. The highest BCUT2D eigenvalue weighted by atomic mass is 35.5. The lowest BCUT2D eigenvalue weighted by Gasteiger charge is -2.13. The summed E-state index contributed by atoms with van der Waals surface area (Å²) < 4.78 is 11.5. The second kappa shape index (κ2) is 9.50. The number of amides is 1. The SMILES string of the molecule is CCOc1cc(/C=C(\C#N)C(=O)NC)ccc1OCc1ccccc1Cl. The van der Waals surface area contributed by atoms with E-state index in [0.29, 0.717) is 35.3 Å². The zero-order valence-electron chi connectivity index (χ0n) is 14.6. The molecular weight excluding hydrogens is 352 g/mol. The molecule has 5 nitrogen and oxygen atoms in total. The molecule has 0 aliphatic rings. The predicted octanol–water partition coefficient (Wildman–Crippen LogP) is 3.97. The summed E-state index contributed by atoms with van der Waals surface area (Å²) in [6, 6.07) is 14.6. The van der Waals surface area contributed by atoms with E-state index in [1.165, 1.54) is 13.1 Å². The van der Waals surface area contributed by atoms with Crippen LogP contribution in [0.4, 0.5) is 0 Å². The maximum Gasteiger partial charge on any atom is 0.261 e. The van der Waals surface area contributed by atoms with Gasteiger partial charge >= 0.3 is 0 Å². The third-order valence-corrected chi connectivity index (χ3v) is 3.88. The smallest absolute Gasteiger partial charge is 0.261 e. The van der Waals surface area contributed by atoms with Crippen LogP contribution in [0.15, 0.2) is 48.0 Å². The minimum absolute atomic E-state index is 0.0136. The number of hydrogen-bond acceptors (Lipinski definition) is 4. The van der Waals surface area contributed by atoms with E-state index >= 15 is 0 Å². The van der Waals surface area contributed by atoms with E-state index in [0.717, 1.165) is 5.56 Å². The van der Waals surface area contributed by atoms with Crippen LogP contribution in [0.3, 0.4) is 0 Å². The number of hydrogen-bond donors (Lipinski definition) is 1. The molecular formula is C20H19ClN2O3. The fraction of sp³-hybridized carbons (Fsp3) is 0.200. The summed E-state index contributed by atoms with van der Waals surface area (Å²) in [6.07, 6.45) is 1.50. The number of carbonyl (C=O) groups is 1. The summed E-state index contributed by atoms with van der Waals surface area (Å²) >= 11 is 6.15. The van der Waals surface area contributed by atoms with Gasteiger partial charge < -0.3 is 14.8 Å². The molecule has 0 unspecified atom stereocenters. The monoisotopic (exact) mass is 370 g/mol. The first-order valence-electron chi connectivity index (χ1n) is 8.06. The number of rotatable bonds is 7. The molecule has 1 amide bonds. The van der Waals surface area contributed by atoms with Crippen LogP contribution < -0.4 is 14.8 Å². The lowest BCUT2D eigenvalue weighted by atomic mass is 10.1. The highest BCUT2D eigenvalue weighted by Gasteiger charge is 2.10. The molecule has 26 heavy (non-hydrogen) atoms. The van der Waals surface area contributed by atoms with Crippen LogP contribution in [0.5, 0.6) is 11.5 Å². The van der Waals surface area contributed by atoms with Gasteiger partial charge in [0.15, 0.2) is 11.5 Å². The average molecular weight is 371 g/mol. The first kappa shape index (κ1) is 19.4. The molecule has 0 atom stereocenters. The van der Waals surface area contributed by atoms with Crippen molar-refractivity contribution in [1.82, 2.24) is 5.32 Å². The molecule has 2 aromatic carbocycles. The normalized spacial score (nSPS) is 10.8. The highest BCUT2D eigenvalue weighted by Crippen LogP contribution is 2.30. The summed E-state index contributed by atoms with van der Waals surface area (Å²) in [5.74, 6) is 0.648. The molecule has 2 rings (SSSR count). The number of halogens is 1. The van der Waals surface area contributed by atoms with Crippen LogP contribution in [-0.2, 0) is 11.4 Å². The zero-order valence-corrected chi connectivity index (χ0v) is 15.3. The van der Waals surface area contributed by atoms with E-state index in [-0.39, 0.29) is 5.57 Å². The number of ether oxygens (including phenoxy) is 2. The summed E-state index contributed by atoms with van der Waals surface area (Å²) in [5.41, 5.74) is 1.55. The number of likely N-dealkylation sites (N-methyl/N-ethyl adjacent to an activating group) is 1. The van der Waals surface area contributed by atoms with Gasteiger partial charge in [-0.3, -0.25) is 4.79 Å². The molecule has 0 bridgehead atoms. The Bertz CT molecular complexity index is 856. The molecule has 0 saturated heterocycles. The van der Waals surface area contributed by atoms with E-state index < -0.39 is 5.91 Å². The number of nitriles is 1. The van der Waals surface area contributed by atoms with E-state index in [2.05, 4.69) is 5.32 Å². The van der Waals surface area contributed by atoms with Crippen molar-refractivity contribution in [1.29, 1.82) is 5.26 Å². The quantitative estimate of drug-likeness (QED) is 0.591. The van der Waals surface area contributed by atoms with Gasteiger partial charge in [0.05, 0.1) is 6.61 Å². The third kappa shape index (κ3) is 5.01. The maximum absolute atomic E-state index is 11.6. The van der Waals surface area contributed by atoms with Crippen molar-refractivity contribution >= 4 is 23.6 Å². The molecule has 0 fully saturated rings. The first-order valence-corrected chi connectivity index (χ1v) is 8.43.